The highest BCUT2D eigenvalue weighted by Gasteiger charge is 2.34. The van der Waals surface area contributed by atoms with Crippen LogP contribution in [0.2, 0.25) is 0 Å². The zero-order chi connectivity index (χ0) is 24.0. The molecule has 0 unspecified atom stereocenters. The third-order valence-corrected chi connectivity index (χ3v) is 8.54. The second-order valence-corrected chi connectivity index (χ2v) is 12.0. The van der Waals surface area contributed by atoms with Gasteiger partial charge in [-0.15, -0.1) is 0 Å². The minimum absolute atomic E-state index is 0.0301. The third kappa shape index (κ3) is 4.41. The van der Waals surface area contributed by atoms with Crippen LogP contribution >= 0.6 is 0 Å². The maximum atomic E-state index is 14.5. The second-order valence-electron chi connectivity index (χ2n) is 9.36. The number of nitrogens with zero attached hydrogens (tertiary/aromatic N) is 3. The number of sulfone groups is 1. The van der Waals surface area contributed by atoms with E-state index >= 15 is 0 Å². The Morgan fingerprint density at radius 2 is 1.94 bits per heavy atom. The van der Waals surface area contributed by atoms with Gasteiger partial charge in [0, 0.05) is 23.9 Å². The monoisotopic (exact) mass is 476 g/mol. The number of halogens is 1. The molecule has 1 aliphatic carbocycles. The summed E-state index contributed by atoms with van der Waals surface area (Å²) in [5, 5.41) is 13.4. The molecule has 3 heterocycles. The number of aromatic nitrogens is 3. The SMILES string of the molecule is COc1cc2ncc(-c3cc(F)nc(N[C@H]4CCCC[C@@H]4O)c3)n2cc1S(=O)(=O)C(C)(C)C. The standard InChI is InChI=1S/C23H29FN4O4S/c1-23(2,3)33(30,31)19-13-28-16(12-25-22(28)11-18(19)32-4)14-9-20(24)27-21(10-14)26-15-7-5-6-8-17(15)29/h9-13,15,17,29H,5-8H2,1-4H3,(H,26,27)/t15-,17-/m0/s1. The molecule has 0 spiro atoms. The number of rotatable bonds is 5. The fourth-order valence-corrected chi connectivity index (χ4v) is 5.39. The lowest BCUT2D eigenvalue weighted by atomic mass is 9.92. The number of nitrogens with one attached hydrogen (secondary N) is 1. The first-order valence-corrected chi connectivity index (χ1v) is 12.4. The summed E-state index contributed by atoms with van der Waals surface area (Å²) in [4.78, 5) is 8.33. The highest BCUT2D eigenvalue weighted by molar-refractivity contribution is 7.92. The van der Waals surface area contributed by atoms with E-state index in [2.05, 4.69) is 15.3 Å². The molecule has 33 heavy (non-hydrogen) atoms. The molecule has 3 aromatic heterocycles. The number of hydrogen-bond donors (Lipinski definition) is 2. The van der Waals surface area contributed by atoms with Gasteiger partial charge in [-0.25, -0.2) is 18.4 Å². The van der Waals surface area contributed by atoms with Crippen LogP contribution in [0.1, 0.15) is 46.5 Å². The van der Waals surface area contributed by atoms with Crippen LogP contribution < -0.4 is 10.1 Å². The average molecular weight is 477 g/mol. The number of aliphatic hydroxyl groups excluding tert-OH is 1. The summed E-state index contributed by atoms with van der Waals surface area (Å²) in [7, 11) is -2.32. The van der Waals surface area contributed by atoms with E-state index in [1.807, 2.05) is 0 Å². The summed E-state index contributed by atoms with van der Waals surface area (Å²) in [5.74, 6) is -0.183. The van der Waals surface area contributed by atoms with E-state index in [0.29, 0.717) is 29.1 Å². The van der Waals surface area contributed by atoms with Crippen molar-refractivity contribution in [3.8, 4) is 17.0 Å². The van der Waals surface area contributed by atoms with Gasteiger partial charge in [-0.05, 0) is 39.7 Å². The van der Waals surface area contributed by atoms with E-state index < -0.39 is 26.6 Å². The van der Waals surface area contributed by atoms with Gasteiger partial charge in [0.25, 0.3) is 0 Å². The lowest BCUT2D eigenvalue weighted by Crippen LogP contribution is -2.36. The third-order valence-electron chi connectivity index (χ3n) is 6.04. The van der Waals surface area contributed by atoms with Crippen molar-refractivity contribution in [3.63, 3.8) is 0 Å². The highest BCUT2D eigenvalue weighted by atomic mass is 32.2. The minimum Gasteiger partial charge on any atom is -0.495 e. The molecule has 0 saturated heterocycles. The van der Waals surface area contributed by atoms with Crippen molar-refractivity contribution >= 4 is 21.3 Å². The summed E-state index contributed by atoms with van der Waals surface area (Å²) in [6.07, 6.45) is 5.92. The fraction of sp³-hybridized carbons (Fsp3) is 0.478. The van der Waals surface area contributed by atoms with Gasteiger partial charge >= 0.3 is 0 Å². The Kier molecular flexibility index (Phi) is 6.09. The molecule has 0 bridgehead atoms. The number of pyridine rings is 2. The minimum atomic E-state index is -3.73. The Labute approximate surface area is 192 Å². The van der Waals surface area contributed by atoms with Crippen molar-refractivity contribution in [3.05, 3.63) is 36.5 Å². The molecule has 0 radical (unpaired) electrons. The molecule has 2 atom stereocenters. The molecule has 1 saturated carbocycles. The number of imidazole rings is 1. The normalized spacial score (nSPS) is 19.6. The van der Waals surface area contributed by atoms with Crippen LogP contribution in [0.5, 0.6) is 5.75 Å². The van der Waals surface area contributed by atoms with E-state index in [1.165, 1.54) is 19.4 Å². The molecule has 1 fully saturated rings. The highest BCUT2D eigenvalue weighted by Crippen LogP contribution is 2.35. The molecule has 3 aromatic rings. The van der Waals surface area contributed by atoms with Crippen molar-refractivity contribution in [2.45, 2.75) is 68.2 Å². The number of ether oxygens (including phenoxy) is 1. The molecule has 8 nitrogen and oxygen atoms in total. The first kappa shape index (κ1) is 23.4. The smallest absolute Gasteiger partial charge is 0.215 e. The van der Waals surface area contributed by atoms with Crippen molar-refractivity contribution in [2.24, 2.45) is 0 Å². The number of fused-ring (bicyclic) bond motifs is 1. The summed E-state index contributed by atoms with van der Waals surface area (Å²) in [6, 6.07) is 4.30. The fourth-order valence-electron chi connectivity index (χ4n) is 4.08. The molecular weight excluding hydrogens is 447 g/mol. The lowest BCUT2D eigenvalue weighted by molar-refractivity contribution is 0.116. The van der Waals surface area contributed by atoms with Gasteiger partial charge in [0.1, 0.15) is 22.1 Å². The van der Waals surface area contributed by atoms with Gasteiger partial charge in [-0.2, -0.15) is 4.39 Å². The average Bonchev–Trinajstić information content (AvgIpc) is 3.16. The maximum absolute atomic E-state index is 14.5. The summed E-state index contributed by atoms with van der Waals surface area (Å²) < 4.78 is 46.7. The molecule has 2 N–H and O–H groups in total. The molecule has 0 amide bonds. The molecule has 4 rings (SSSR count). The molecule has 178 valence electrons. The first-order chi connectivity index (χ1) is 15.5. The van der Waals surface area contributed by atoms with E-state index in [9.17, 15) is 17.9 Å². The van der Waals surface area contributed by atoms with E-state index in [0.717, 1.165) is 19.3 Å². The lowest BCUT2D eigenvalue weighted by Gasteiger charge is -2.28. The Hall–Kier alpha value is -2.72. The van der Waals surface area contributed by atoms with Crippen LogP contribution in [0.25, 0.3) is 16.9 Å². The Morgan fingerprint density at radius 1 is 1.21 bits per heavy atom. The predicted octanol–water partition coefficient (Wildman–Crippen LogP) is 3.83. The van der Waals surface area contributed by atoms with Gasteiger partial charge in [-0.1, -0.05) is 12.8 Å². The van der Waals surface area contributed by atoms with Crippen LogP contribution in [0, 0.1) is 5.95 Å². The second kappa shape index (κ2) is 8.57. The summed E-state index contributed by atoms with van der Waals surface area (Å²) in [6.45, 7) is 4.87. The number of aliphatic hydroxyl groups is 1. The first-order valence-electron chi connectivity index (χ1n) is 10.9. The van der Waals surface area contributed by atoms with Crippen LogP contribution in [0.3, 0.4) is 0 Å². The van der Waals surface area contributed by atoms with Crippen LogP contribution in [0.15, 0.2) is 35.5 Å². The molecule has 0 aliphatic heterocycles. The van der Waals surface area contributed by atoms with Gasteiger partial charge in [0.05, 0.1) is 35.9 Å². The Balaban J connectivity index is 1.80. The van der Waals surface area contributed by atoms with Gasteiger partial charge in [0.2, 0.25) is 5.95 Å². The molecule has 0 aromatic carbocycles. The summed E-state index contributed by atoms with van der Waals surface area (Å²) >= 11 is 0. The molecular formula is C23H29FN4O4S. The topological polar surface area (TPSA) is 106 Å². The van der Waals surface area contributed by atoms with Crippen molar-refractivity contribution < 1.29 is 22.7 Å². The van der Waals surface area contributed by atoms with Gasteiger partial charge < -0.3 is 15.2 Å². The summed E-state index contributed by atoms with van der Waals surface area (Å²) in [5.41, 5.74) is 1.45. The predicted molar refractivity (Wildman–Crippen MR) is 124 cm³/mol. The Bertz CT molecular complexity index is 1280. The number of anilines is 1. The van der Waals surface area contributed by atoms with E-state index in [-0.39, 0.29) is 16.7 Å². The zero-order valence-corrected chi connectivity index (χ0v) is 20.0. The van der Waals surface area contributed by atoms with Gasteiger partial charge in [-0.3, -0.25) is 4.40 Å². The van der Waals surface area contributed by atoms with Crippen molar-refractivity contribution in [2.75, 3.05) is 12.4 Å². The largest absolute Gasteiger partial charge is 0.495 e. The molecule has 1 aliphatic rings. The van der Waals surface area contributed by atoms with Crippen molar-refractivity contribution in [1.82, 2.24) is 14.4 Å². The van der Waals surface area contributed by atoms with Gasteiger partial charge in [0.15, 0.2) is 9.84 Å². The maximum Gasteiger partial charge on any atom is 0.215 e. The van der Waals surface area contributed by atoms with E-state index in [4.69, 9.17) is 4.74 Å². The molecule has 10 heteroatoms. The van der Waals surface area contributed by atoms with E-state index in [1.54, 1.807) is 43.5 Å². The number of hydrogen-bond acceptors (Lipinski definition) is 7. The van der Waals surface area contributed by atoms with Crippen LogP contribution in [-0.2, 0) is 9.84 Å². The van der Waals surface area contributed by atoms with Crippen LogP contribution in [-0.4, -0.2) is 51.9 Å². The zero-order valence-electron chi connectivity index (χ0n) is 19.2. The quantitative estimate of drug-likeness (QED) is 0.539. The van der Waals surface area contributed by atoms with Crippen LogP contribution in [0.4, 0.5) is 10.2 Å². The number of methoxy groups -OCH3 is 1. The van der Waals surface area contributed by atoms with Crippen molar-refractivity contribution in [1.29, 1.82) is 0 Å². The Morgan fingerprint density at radius 3 is 2.61 bits per heavy atom.